The molecule has 1 aliphatic heterocycles. The van der Waals surface area contributed by atoms with Crippen LogP contribution in [0.3, 0.4) is 0 Å². The van der Waals surface area contributed by atoms with Crippen LogP contribution < -0.4 is 5.73 Å². The smallest absolute Gasteiger partial charge is 0.0359 e. The van der Waals surface area contributed by atoms with Gasteiger partial charge in [0.25, 0.3) is 0 Å². The molecule has 2 fully saturated rings. The van der Waals surface area contributed by atoms with Crippen molar-refractivity contribution in [3.63, 3.8) is 0 Å². The van der Waals surface area contributed by atoms with Gasteiger partial charge in [-0.2, -0.15) is 0 Å². The molecule has 1 saturated heterocycles. The topological polar surface area (TPSA) is 29.3 Å². The fourth-order valence-corrected chi connectivity index (χ4v) is 4.85. The van der Waals surface area contributed by atoms with E-state index in [1.165, 1.54) is 57.2 Å². The Bertz CT molecular complexity index is 444. The monoisotopic (exact) mass is 286 g/mol. The normalized spacial score (nSPS) is 34.2. The molecule has 116 valence electrons. The van der Waals surface area contributed by atoms with Crippen LogP contribution in [0.1, 0.15) is 56.9 Å². The van der Waals surface area contributed by atoms with Crippen LogP contribution in [0.2, 0.25) is 0 Å². The van der Waals surface area contributed by atoms with Gasteiger partial charge in [0.05, 0.1) is 0 Å². The molecule has 0 radical (unpaired) electrons. The third kappa shape index (κ3) is 2.76. The summed E-state index contributed by atoms with van der Waals surface area (Å²) in [4.78, 5) is 2.76. The molecule has 1 saturated carbocycles. The molecule has 0 amide bonds. The van der Waals surface area contributed by atoms with Crippen molar-refractivity contribution >= 4 is 0 Å². The van der Waals surface area contributed by atoms with Gasteiger partial charge in [0, 0.05) is 18.6 Å². The van der Waals surface area contributed by atoms with Crippen molar-refractivity contribution < 1.29 is 0 Å². The maximum absolute atomic E-state index is 6.33. The molecule has 1 heterocycles. The zero-order chi connectivity index (χ0) is 14.7. The third-order valence-electron chi connectivity index (χ3n) is 6.11. The minimum absolute atomic E-state index is 0.288. The summed E-state index contributed by atoms with van der Waals surface area (Å²) >= 11 is 0. The standard InChI is InChI=1S/C19H30N2/c1-2-18-10-6-7-12-19(18,15-20)21-13-11-17(14-21)16-8-4-3-5-9-16/h3-5,8-9,17-18H,2,6-7,10-15,20H2,1H3. The van der Waals surface area contributed by atoms with Crippen molar-refractivity contribution in [2.24, 2.45) is 11.7 Å². The summed E-state index contributed by atoms with van der Waals surface area (Å²) in [6.07, 6.45) is 8.02. The van der Waals surface area contributed by atoms with Crippen molar-refractivity contribution in [3.8, 4) is 0 Å². The second kappa shape index (κ2) is 6.50. The van der Waals surface area contributed by atoms with E-state index in [0.717, 1.165) is 12.5 Å². The van der Waals surface area contributed by atoms with Crippen LogP contribution in [-0.4, -0.2) is 30.1 Å². The van der Waals surface area contributed by atoms with Crippen molar-refractivity contribution in [2.45, 2.75) is 56.9 Å². The lowest BCUT2D eigenvalue weighted by molar-refractivity contribution is 0.0206. The van der Waals surface area contributed by atoms with Gasteiger partial charge in [0.2, 0.25) is 0 Å². The van der Waals surface area contributed by atoms with E-state index in [1.54, 1.807) is 0 Å². The molecule has 1 aromatic carbocycles. The van der Waals surface area contributed by atoms with E-state index in [2.05, 4.69) is 42.2 Å². The first kappa shape index (κ1) is 15.1. The molecule has 3 unspecified atom stereocenters. The maximum Gasteiger partial charge on any atom is 0.0359 e. The van der Waals surface area contributed by atoms with E-state index < -0.39 is 0 Å². The van der Waals surface area contributed by atoms with Crippen LogP contribution in [-0.2, 0) is 0 Å². The lowest BCUT2D eigenvalue weighted by Gasteiger charge is -2.50. The molecular weight excluding hydrogens is 256 g/mol. The van der Waals surface area contributed by atoms with Crippen LogP contribution in [0, 0.1) is 5.92 Å². The number of nitrogens with zero attached hydrogens (tertiary/aromatic N) is 1. The van der Waals surface area contributed by atoms with Crippen LogP contribution >= 0.6 is 0 Å². The number of benzene rings is 1. The minimum Gasteiger partial charge on any atom is -0.329 e. The van der Waals surface area contributed by atoms with Crippen LogP contribution in [0.4, 0.5) is 0 Å². The highest BCUT2D eigenvalue weighted by molar-refractivity contribution is 5.21. The summed E-state index contributed by atoms with van der Waals surface area (Å²) in [6, 6.07) is 11.0. The molecule has 2 aliphatic rings. The predicted octanol–water partition coefficient (Wildman–Crippen LogP) is 3.77. The van der Waals surface area contributed by atoms with E-state index in [9.17, 15) is 0 Å². The van der Waals surface area contributed by atoms with Crippen molar-refractivity contribution in [1.82, 2.24) is 4.90 Å². The maximum atomic E-state index is 6.33. The van der Waals surface area contributed by atoms with E-state index in [4.69, 9.17) is 5.73 Å². The lowest BCUT2D eigenvalue weighted by Crippen LogP contribution is -2.59. The third-order valence-corrected chi connectivity index (χ3v) is 6.11. The average molecular weight is 286 g/mol. The Labute approximate surface area is 129 Å². The highest BCUT2D eigenvalue weighted by atomic mass is 15.2. The Morgan fingerprint density at radius 2 is 2.00 bits per heavy atom. The van der Waals surface area contributed by atoms with E-state index in [1.807, 2.05) is 0 Å². The molecule has 2 heteroatoms. The Hall–Kier alpha value is -0.860. The quantitative estimate of drug-likeness (QED) is 0.913. The molecule has 1 aliphatic carbocycles. The van der Waals surface area contributed by atoms with Gasteiger partial charge in [0.15, 0.2) is 0 Å². The zero-order valence-electron chi connectivity index (χ0n) is 13.4. The first-order valence-corrected chi connectivity index (χ1v) is 8.80. The van der Waals surface area contributed by atoms with Crippen LogP contribution in [0.5, 0.6) is 0 Å². The number of likely N-dealkylation sites (tertiary alicyclic amines) is 1. The number of hydrogen-bond acceptors (Lipinski definition) is 2. The first-order chi connectivity index (χ1) is 10.3. The largest absolute Gasteiger partial charge is 0.329 e. The Morgan fingerprint density at radius 3 is 2.71 bits per heavy atom. The SMILES string of the molecule is CCC1CCCCC1(CN)N1CCC(c2ccccc2)C1. The second-order valence-corrected chi connectivity index (χ2v) is 7.00. The van der Waals surface area contributed by atoms with Gasteiger partial charge in [-0.05, 0) is 43.2 Å². The summed E-state index contributed by atoms with van der Waals surface area (Å²) in [5.74, 6) is 1.50. The van der Waals surface area contributed by atoms with Gasteiger partial charge in [-0.3, -0.25) is 4.90 Å². The predicted molar refractivity (Wildman–Crippen MR) is 89.4 cm³/mol. The van der Waals surface area contributed by atoms with Gasteiger partial charge in [-0.25, -0.2) is 0 Å². The molecule has 0 spiro atoms. The lowest BCUT2D eigenvalue weighted by atomic mass is 9.70. The fourth-order valence-electron chi connectivity index (χ4n) is 4.85. The summed E-state index contributed by atoms with van der Waals surface area (Å²) in [5.41, 5.74) is 8.12. The summed E-state index contributed by atoms with van der Waals surface area (Å²) in [6.45, 7) is 5.63. The average Bonchev–Trinajstić information content (AvgIpc) is 3.06. The summed E-state index contributed by atoms with van der Waals surface area (Å²) in [7, 11) is 0. The minimum atomic E-state index is 0.288. The fraction of sp³-hybridized carbons (Fsp3) is 0.684. The number of nitrogens with two attached hydrogens (primary N) is 1. The Kier molecular flexibility index (Phi) is 4.66. The van der Waals surface area contributed by atoms with Gasteiger partial charge in [0.1, 0.15) is 0 Å². The summed E-state index contributed by atoms with van der Waals surface area (Å²) < 4.78 is 0. The highest BCUT2D eigenvalue weighted by Crippen LogP contribution is 2.43. The van der Waals surface area contributed by atoms with E-state index in [-0.39, 0.29) is 5.54 Å². The van der Waals surface area contributed by atoms with Gasteiger partial charge in [-0.15, -0.1) is 0 Å². The van der Waals surface area contributed by atoms with Gasteiger partial charge in [-0.1, -0.05) is 56.5 Å². The van der Waals surface area contributed by atoms with Crippen molar-refractivity contribution in [2.75, 3.05) is 19.6 Å². The molecule has 2 N–H and O–H groups in total. The molecular formula is C19H30N2. The van der Waals surface area contributed by atoms with E-state index >= 15 is 0 Å². The van der Waals surface area contributed by atoms with Crippen LogP contribution in [0.15, 0.2) is 30.3 Å². The highest BCUT2D eigenvalue weighted by Gasteiger charge is 2.45. The summed E-state index contributed by atoms with van der Waals surface area (Å²) in [5, 5.41) is 0. The Morgan fingerprint density at radius 1 is 1.19 bits per heavy atom. The molecule has 1 aromatic rings. The molecule has 3 atom stereocenters. The van der Waals surface area contributed by atoms with E-state index in [0.29, 0.717) is 5.92 Å². The van der Waals surface area contributed by atoms with Gasteiger partial charge >= 0.3 is 0 Å². The first-order valence-electron chi connectivity index (χ1n) is 8.80. The van der Waals surface area contributed by atoms with Crippen molar-refractivity contribution in [1.29, 1.82) is 0 Å². The van der Waals surface area contributed by atoms with Crippen molar-refractivity contribution in [3.05, 3.63) is 35.9 Å². The Balaban J connectivity index is 1.77. The number of hydrogen-bond donors (Lipinski definition) is 1. The van der Waals surface area contributed by atoms with Gasteiger partial charge < -0.3 is 5.73 Å². The second-order valence-electron chi connectivity index (χ2n) is 7.00. The zero-order valence-corrected chi connectivity index (χ0v) is 13.4. The number of rotatable bonds is 4. The molecule has 2 nitrogen and oxygen atoms in total. The van der Waals surface area contributed by atoms with Crippen LogP contribution in [0.25, 0.3) is 0 Å². The molecule has 0 bridgehead atoms. The molecule has 21 heavy (non-hydrogen) atoms. The molecule has 3 rings (SSSR count). The molecule has 0 aromatic heterocycles.